The van der Waals surface area contributed by atoms with Gasteiger partial charge in [-0.25, -0.2) is 4.98 Å². The third kappa shape index (κ3) is 2.93. The molecule has 0 fully saturated rings. The van der Waals surface area contributed by atoms with Gasteiger partial charge in [0.05, 0.1) is 11.0 Å². The van der Waals surface area contributed by atoms with E-state index in [9.17, 15) is 4.79 Å². The highest BCUT2D eigenvalue weighted by atomic mass is 16.1. The van der Waals surface area contributed by atoms with E-state index in [4.69, 9.17) is 5.73 Å². The van der Waals surface area contributed by atoms with Crippen molar-refractivity contribution in [3.05, 3.63) is 46.5 Å². The molecule has 0 aliphatic rings. The van der Waals surface area contributed by atoms with Crippen molar-refractivity contribution in [3.8, 4) is 0 Å². The molecule has 0 atom stereocenters. The van der Waals surface area contributed by atoms with Gasteiger partial charge in [0.25, 0.3) is 5.56 Å². The van der Waals surface area contributed by atoms with Gasteiger partial charge in [-0.15, -0.1) is 0 Å². The Balaban J connectivity index is 1.60. The van der Waals surface area contributed by atoms with Crippen molar-refractivity contribution < 1.29 is 0 Å². The minimum Gasteiger partial charge on any atom is -0.370 e. The van der Waals surface area contributed by atoms with Crippen LogP contribution in [0.2, 0.25) is 0 Å². The van der Waals surface area contributed by atoms with Crippen LogP contribution in [0, 0.1) is 0 Å². The standard InChI is InChI=1S/C15H18N6O/c1-21-11-6-3-2-5-10(11)18-13(21)7-4-8-17-12-9-14(22)20-15(16)19-12/h2-3,5-6,9H,4,7-8H2,1H3,(H4,16,17,19,20,22). The summed E-state index contributed by atoms with van der Waals surface area (Å²) in [6.45, 7) is 0.694. The van der Waals surface area contributed by atoms with Crippen LogP contribution < -0.4 is 16.6 Å². The molecule has 7 nitrogen and oxygen atoms in total. The van der Waals surface area contributed by atoms with Crippen molar-refractivity contribution in [2.24, 2.45) is 7.05 Å². The lowest BCUT2D eigenvalue weighted by molar-refractivity contribution is 0.752. The average molecular weight is 298 g/mol. The summed E-state index contributed by atoms with van der Waals surface area (Å²) in [5.74, 6) is 1.65. The molecule has 114 valence electrons. The van der Waals surface area contributed by atoms with E-state index in [1.807, 2.05) is 25.2 Å². The Hall–Kier alpha value is -2.83. The molecule has 2 aromatic heterocycles. The number of hydrogen-bond donors (Lipinski definition) is 3. The molecule has 0 bridgehead atoms. The second-order valence-electron chi connectivity index (χ2n) is 5.12. The van der Waals surface area contributed by atoms with Crippen LogP contribution in [0.5, 0.6) is 0 Å². The summed E-state index contributed by atoms with van der Waals surface area (Å²) in [5, 5.41) is 3.10. The fourth-order valence-electron chi connectivity index (χ4n) is 2.45. The highest BCUT2D eigenvalue weighted by Gasteiger charge is 2.06. The van der Waals surface area contributed by atoms with Crippen LogP contribution in [0.15, 0.2) is 35.1 Å². The van der Waals surface area contributed by atoms with Crippen LogP contribution in [-0.4, -0.2) is 26.1 Å². The molecule has 0 radical (unpaired) electrons. The molecule has 7 heteroatoms. The van der Waals surface area contributed by atoms with Gasteiger partial charge < -0.3 is 15.6 Å². The Labute approximate surface area is 127 Å². The lowest BCUT2D eigenvalue weighted by atomic mass is 10.3. The van der Waals surface area contributed by atoms with E-state index in [0.29, 0.717) is 12.4 Å². The number of aryl methyl sites for hydroxylation is 2. The summed E-state index contributed by atoms with van der Waals surface area (Å²) in [6, 6.07) is 9.47. The first-order chi connectivity index (χ1) is 10.6. The summed E-state index contributed by atoms with van der Waals surface area (Å²) in [7, 11) is 2.02. The lowest BCUT2D eigenvalue weighted by Gasteiger charge is -2.06. The lowest BCUT2D eigenvalue weighted by Crippen LogP contribution is -2.14. The molecule has 4 N–H and O–H groups in total. The largest absolute Gasteiger partial charge is 0.370 e. The van der Waals surface area contributed by atoms with E-state index in [1.165, 1.54) is 6.07 Å². The Bertz CT molecular complexity index is 851. The molecule has 0 saturated carbocycles. The molecule has 0 unspecified atom stereocenters. The van der Waals surface area contributed by atoms with Crippen LogP contribution in [0.3, 0.4) is 0 Å². The van der Waals surface area contributed by atoms with Gasteiger partial charge in [0, 0.05) is 26.1 Å². The highest BCUT2D eigenvalue weighted by Crippen LogP contribution is 2.15. The molecule has 22 heavy (non-hydrogen) atoms. The fraction of sp³-hybridized carbons (Fsp3) is 0.267. The number of anilines is 2. The summed E-state index contributed by atoms with van der Waals surface area (Å²) in [6.07, 6.45) is 1.72. The minimum atomic E-state index is -0.259. The number of aromatic nitrogens is 4. The maximum atomic E-state index is 11.3. The number of H-pyrrole nitrogens is 1. The molecule has 0 saturated heterocycles. The van der Waals surface area contributed by atoms with E-state index in [0.717, 1.165) is 29.7 Å². The number of nitrogen functional groups attached to an aromatic ring is 1. The van der Waals surface area contributed by atoms with Crippen molar-refractivity contribution in [1.29, 1.82) is 0 Å². The molecule has 1 aromatic carbocycles. The Morgan fingerprint density at radius 3 is 2.91 bits per heavy atom. The number of para-hydroxylation sites is 2. The van der Waals surface area contributed by atoms with Crippen molar-refractivity contribution in [2.75, 3.05) is 17.6 Å². The smallest absolute Gasteiger partial charge is 0.254 e. The summed E-state index contributed by atoms with van der Waals surface area (Å²) in [5.41, 5.74) is 7.38. The number of nitrogens with one attached hydrogen (secondary N) is 2. The zero-order valence-electron chi connectivity index (χ0n) is 12.3. The molecule has 2 heterocycles. The van der Waals surface area contributed by atoms with E-state index in [-0.39, 0.29) is 11.5 Å². The minimum absolute atomic E-state index is 0.116. The quantitative estimate of drug-likeness (QED) is 0.616. The van der Waals surface area contributed by atoms with Crippen LogP contribution in [0.25, 0.3) is 11.0 Å². The molecular weight excluding hydrogens is 280 g/mol. The first kappa shape index (κ1) is 14.1. The molecular formula is C15H18N6O. The van der Waals surface area contributed by atoms with Gasteiger partial charge in [-0.3, -0.25) is 9.78 Å². The maximum absolute atomic E-state index is 11.3. The van der Waals surface area contributed by atoms with Gasteiger partial charge in [-0.05, 0) is 18.6 Å². The number of rotatable bonds is 5. The van der Waals surface area contributed by atoms with Crippen molar-refractivity contribution >= 4 is 22.8 Å². The van der Waals surface area contributed by atoms with Crippen LogP contribution in [0.4, 0.5) is 11.8 Å². The maximum Gasteiger partial charge on any atom is 0.254 e. The number of hydrogen-bond acceptors (Lipinski definition) is 5. The van der Waals surface area contributed by atoms with Crippen LogP contribution in [-0.2, 0) is 13.5 Å². The number of aromatic amines is 1. The second-order valence-corrected chi connectivity index (χ2v) is 5.12. The third-order valence-electron chi connectivity index (χ3n) is 3.52. The van der Waals surface area contributed by atoms with E-state index < -0.39 is 0 Å². The molecule has 0 aliphatic carbocycles. The highest BCUT2D eigenvalue weighted by molar-refractivity contribution is 5.75. The van der Waals surface area contributed by atoms with Gasteiger partial charge in [-0.1, -0.05) is 12.1 Å². The zero-order valence-corrected chi connectivity index (χ0v) is 12.3. The third-order valence-corrected chi connectivity index (χ3v) is 3.52. The van der Waals surface area contributed by atoms with Gasteiger partial charge in [0.15, 0.2) is 0 Å². The Kier molecular flexibility index (Phi) is 3.78. The first-order valence-corrected chi connectivity index (χ1v) is 7.14. The molecule has 0 amide bonds. The normalized spacial score (nSPS) is 11.0. The number of nitrogens with two attached hydrogens (primary N) is 1. The molecule has 0 spiro atoms. The fourth-order valence-corrected chi connectivity index (χ4v) is 2.45. The predicted molar refractivity (Wildman–Crippen MR) is 86.8 cm³/mol. The Morgan fingerprint density at radius 1 is 1.32 bits per heavy atom. The average Bonchev–Trinajstić information content (AvgIpc) is 2.80. The summed E-state index contributed by atoms with van der Waals surface area (Å²) < 4.78 is 2.11. The van der Waals surface area contributed by atoms with Gasteiger partial charge in [-0.2, -0.15) is 4.98 Å². The summed E-state index contributed by atoms with van der Waals surface area (Å²) in [4.78, 5) is 22.3. The van der Waals surface area contributed by atoms with Crippen LogP contribution in [0.1, 0.15) is 12.2 Å². The SMILES string of the molecule is Cn1c(CCCNc2cc(=O)[nH]c(N)n2)nc2ccccc21. The monoisotopic (exact) mass is 298 g/mol. The number of benzene rings is 1. The van der Waals surface area contributed by atoms with Gasteiger partial charge in [0.1, 0.15) is 11.6 Å². The molecule has 3 aromatic rings. The van der Waals surface area contributed by atoms with Gasteiger partial charge >= 0.3 is 0 Å². The van der Waals surface area contributed by atoms with Crippen molar-refractivity contribution in [1.82, 2.24) is 19.5 Å². The number of imidazole rings is 1. The molecule has 3 rings (SSSR count). The number of nitrogens with zero attached hydrogens (tertiary/aromatic N) is 3. The first-order valence-electron chi connectivity index (χ1n) is 7.14. The van der Waals surface area contributed by atoms with E-state index >= 15 is 0 Å². The van der Waals surface area contributed by atoms with E-state index in [2.05, 4.69) is 30.9 Å². The van der Waals surface area contributed by atoms with Gasteiger partial charge in [0.2, 0.25) is 5.95 Å². The zero-order chi connectivity index (χ0) is 15.5. The van der Waals surface area contributed by atoms with E-state index in [1.54, 1.807) is 0 Å². The topological polar surface area (TPSA) is 102 Å². The number of fused-ring (bicyclic) bond motifs is 1. The molecule has 0 aliphatic heterocycles. The Morgan fingerprint density at radius 2 is 2.14 bits per heavy atom. The predicted octanol–water partition coefficient (Wildman–Crippen LogP) is 1.28. The van der Waals surface area contributed by atoms with Crippen LogP contribution >= 0.6 is 0 Å². The van der Waals surface area contributed by atoms with Crippen molar-refractivity contribution in [2.45, 2.75) is 12.8 Å². The van der Waals surface area contributed by atoms with Crippen molar-refractivity contribution in [3.63, 3.8) is 0 Å². The second kappa shape index (κ2) is 5.88. The summed E-state index contributed by atoms with van der Waals surface area (Å²) >= 11 is 0.